The zero-order valence-electron chi connectivity index (χ0n) is 10.3. The van der Waals surface area contributed by atoms with E-state index >= 15 is 0 Å². The van der Waals surface area contributed by atoms with Crippen molar-refractivity contribution in [2.75, 3.05) is 5.75 Å². The van der Waals surface area contributed by atoms with Crippen LogP contribution in [0.4, 0.5) is 0 Å². The minimum absolute atomic E-state index is 0. The number of sulfone groups is 1. The maximum Gasteiger partial charge on any atom is 1.00 e. The molecule has 0 unspecified atom stereocenters. The summed E-state index contributed by atoms with van der Waals surface area (Å²) in [5.74, 6) is -2.32. The monoisotopic (exact) mass is 312 g/mol. The molecule has 2 aliphatic heterocycles. The molecule has 0 aromatic heterocycles. The van der Waals surface area contributed by atoms with Crippen molar-refractivity contribution in [3.8, 4) is 5.40 Å². The van der Waals surface area contributed by atoms with E-state index in [0.29, 0.717) is 11.8 Å². The smallest absolute Gasteiger partial charge is 0.548 e. The number of carbonyl (C=O) groups is 2. The summed E-state index contributed by atoms with van der Waals surface area (Å²) in [6.45, 7) is 1.25. The standard InChI is InChI=1S/C9H10N2O5S2.Na/c1-9(3-17-4-10)7(8(13)14)11-5(12)2-6(11)18(9,15)16;/h6-7H,2-3H2,1H3,(H,13,14);/q;+1/p-1/t6-,7-,9-;/m0./s1. The second-order valence-corrected chi connectivity index (χ2v) is 7.75. The zero-order valence-corrected chi connectivity index (χ0v) is 14.0. The first-order valence-electron chi connectivity index (χ1n) is 5.03. The molecule has 0 spiro atoms. The summed E-state index contributed by atoms with van der Waals surface area (Å²) < 4.78 is 22.8. The molecule has 3 atom stereocenters. The molecule has 7 nitrogen and oxygen atoms in total. The third-order valence-corrected chi connectivity index (χ3v) is 7.29. The first kappa shape index (κ1) is 16.8. The molecule has 0 aromatic rings. The van der Waals surface area contributed by atoms with E-state index in [1.807, 2.05) is 0 Å². The SMILES string of the molecule is C[C@]1(CSC#N)[C@H](C(=O)[O-])N2C(=O)C[C@@H]2S1(=O)=O.[Na+]. The van der Waals surface area contributed by atoms with Gasteiger partial charge in [-0.3, -0.25) is 4.79 Å². The Morgan fingerprint density at radius 3 is 2.68 bits per heavy atom. The number of β-lactam (4-membered cyclic amide) rings is 1. The Morgan fingerprint density at radius 2 is 2.26 bits per heavy atom. The molecule has 98 valence electrons. The van der Waals surface area contributed by atoms with E-state index in [1.165, 1.54) is 6.92 Å². The number of thioether (sulfide) groups is 1. The van der Waals surface area contributed by atoms with Crippen LogP contribution in [0.2, 0.25) is 0 Å². The van der Waals surface area contributed by atoms with Crippen LogP contribution in [0, 0.1) is 10.7 Å². The van der Waals surface area contributed by atoms with Gasteiger partial charge in [-0.05, 0) is 18.7 Å². The minimum atomic E-state index is -3.81. The van der Waals surface area contributed by atoms with Crippen molar-refractivity contribution in [3.63, 3.8) is 0 Å². The van der Waals surface area contributed by atoms with Crippen LogP contribution in [0.5, 0.6) is 0 Å². The summed E-state index contributed by atoms with van der Waals surface area (Å²) in [7, 11) is -3.81. The van der Waals surface area contributed by atoms with Crippen molar-refractivity contribution in [2.45, 2.75) is 29.5 Å². The van der Waals surface area contributed by atoms with Crippen LogP contribution in [0.25, 0.3) is 0 Å². The van der Waals surface area contributed by atoms with Crippen LogP contribution in [0.3, 0.4) is 0 Å². The van der Waals surface area contributed by atoms with Gasteiger partial charge in [-0.1, -0.05) is 0 Å². The topological polar surface area (TPSA) is 118 Å². The van der Waals surface area contributed by atoms with Gasteiger partial charge >= 0.3 is 29.6 Å². The van der Waals surface area contributed by atoms with E-state index in [4.69, 9.17) is 5.26 Å². The van der Waals surface area contributed by atoms with E-state index in [-0.39, 0.29) is 41.7 Å². The molecule has 10 heteroatoms. The Labute approximate surface area is 136 Å². The number of hydrogen-bond donors (Lipinski definition) is 0. The van der Waals surface area contributed by atoms with Gasteiger partial charge < -0.3 is 14.8 Å². The summed E-state index contributed by atoms with van der Waals surface area (Å²) in [5.41, 5.74) is 0. The van der Waals surface area contributed by atoms with Crippen molar-refractivity contribution in [2.24, 2.45) is 0 Å². The molecule has 2 saturated heterocycles. The van der Waals surface area contributed by atoms with Crippen molar-refractivity contribution >= 4 is 33.5 Å². The third-order valence-electron chi connectivity index (χ3n) is 3.46. The van der Waals surface area contributed by atoms with Crippen LogP contribution in [0.1, 0.15) is 13.3 Å². The van der Waals surface area contributed by atoms with Crippen LogP contribution in [0.15, 0.2) is 0 Å². The third kappa shape index (κ3) is 2.10. The number of amides is 1. The molecular weight excluding hydrogens is 303 g/mol. The van der Waals surface area contributed by atoms with Gasteiger partial charge in [0.2, 0.25) is 5.91 Å². The fourth-order valence-electron chi connectivity index (χ4n) is 2.43. The average molecular weight is 312 g/mol. The number of nitrogens with zero attached hydrogens (tertiary/aromatic N) is 2. The van der Waals surface area contributed by atoms with Gasteiger partial charge in [-0.25, -0.2) is 8.42 Å². The summed E-state index contributed by atoms with van der Waals surface area (Å²) in [6.07, 6.45) is -0.196. The molecule has 0 N–H and O–H groups in total. The first-order valence-corrected chi connectivity index (χ1v) is 7.57. The predicted molar refractivity (Wildman–Crippen MR) is 59.4 cm³/mol. The normalized spacial score (nSPS) is 34.7. The fourth-order valence-corrected chi connectivity index (χ4v) is 5.82. The molecule has 2 heterocycles. The zero-order chi connectivity index (χ0) is 13.7. The number of carboxylic acids is 1. The molecule has 0 bridgehead atoms. The molecule has 2 aliphatic rings. The second-order valence-electron chi connectivity index (χ2n) is 4.42. The Balaban J connectivity index is 0.00000180. The van der Waals surface area contributed by atoms with E-state index in [0.717, 1.165) is 4.90 Å². The number of carbonyl (C=O) groups excluding carboxylic acids is 2. The maximum atomic E-state index is 12.2. The molecule has 19 heavy (non-hydrogen) atoms. The van der Waals surface area contributed by atoms with E-state index in [2.05, 4.69) is 0 Å². The number of carboxylic acid groups (broad SMARTS) is 1. The van der Waals surface area contributed by atoms with Gasteiger partial charge in [0.05, 0.1) is 18.4 Å². The second kappa shape index (κ2) is 5.26. The average Bonchev–Trinajstić information content (AvgIpc) is 2.41. The van der Waals surface area contributed by atoms with Crippen LogP contribution >= 0.6 is 11.8 Å². The van der Waals surface area contributed by atoms with Gasteiger partial charge in [-0.2, -0.15) is 5.26 Å². The Morgan fingerprint density at radius 1 is 1.68 bits per heavy atom. The van der Waals surface area contributed by atoms with Gasteiger partial charge in [0, 0.05) is 5.75 Å². The number of thiocyanates is 1. The molecule has 1 amide bonds. The number of rotatable bonds is 3. The Hall–Kier alpha value is -0.270. The molecular formula is C9H9N2NaO5S2. The number of nitriles is 1. The number of hydrogen-bond acceptors (Lipinski definition) is 7. The molecule has 2 rings (SSSR count). The Bertz CT molecular complexity index is 572. The largest absolute Gasteiger partial charge is 1.00 e. The van der Waals surface area contributed by atoms with Crippen LogP contribution in [-0.2, 0) is 19.4 Å². The molecule has 0 aliphatic carbocycles. The van der Waals surface area contributed by atoms with Crippen LogP contribution < -0.4 is 34.7 Å². The summed E-state index contributed by atoms with van der Waals surface area (Å²) in [4.78, 5) is 23.4. The van der Waals surface area contributed by atoms with E-state index < -0.39 is 37.9 Å². The Kier molecular flexibility index (Phi) is 4.64. The van der Waals surface area contributed by atoms with Crippen molar-refractivity contribution in [1.82, 2.24) is 4.90 Å². The van der Waals surface area contributed by atoms with E-state index in [9.17, 15) is 23.1 Å². The van der Waals surface area contributed by atoms with Gasteiger partial charge in [0.1, 0.15) is 15.5 Å². The predicted octanol–water partition coefficient (Wildman–Crippen LogP) is -4.93. The van der Waals surface area contributed by atoms with E-state index in [1.54, 1.807) is 5.40 Å². The fraction of sp³-hybridized carbons (Fsp3) is 0.667. The first-order chi connectivity index (χ1) is 8.27. The van der Waals surface area contributed by atoms with Crippen LogP contribution in [-0.4, -0.2) is 47.1 Å². The van der Waals surface area contributed by atoms with Gasteiger partial charge in [-0.15, -0.1) is 0 Å². The van der Waals surface area contributed by atoms with Gasteiger partial charge in [0.25, 0.3) is 0 Å². The summed E-state index contributed by atoms with van der Waals surface area (Å²) in [6, 6.07) is -1.52. The van der Waals surface area contributed by atoms with Crippen molar-refractivity contribution in [3.05, 3.63) is 0 Å². The molecule has 0 aromatic carbocycles. The minimum Gasteiger partial charge on any atom is -0.548 e. The molecule has 2 fully saturated rings. The summed E-state index contributed by atoms with van der Waals surface area (Å²) in [5, 5.41) is 20.3. The molecule has 0 saturated carbocycles. The number of aliphatic carboxylic acids is 1. The maximum absolute atomic E-state index is 12.2. The van der Waals surface area contributed by atoms with Gasteiger partial charge in [0.15, 0.2) is 9.84 Å². The summed E-state index contributed by atoms with van der Waals surface area (Å²) >= 11 is 0.658. The van der Waals surface area contributed by atoms with Crippen molar-refractivity contribution < 1.29 is 52.7 Å². The molecule has 0 radical (unpaired) electrons. The quantitative estimate of drug-likeness (QED) is 0.291. The number of fused-ring (bicyclic) bond motifs is 1. The van der Waals surface area contributed by atoms with Crippen molar-refractivity contribution in [1.29, 1.82) is 5.26 Å².